The average molecular weight is 940 g/mol. The first-order chi connectivity index (χ1) is 31.8. The molecule has 14 nitrogen and oxygen atoms in total. The minimum atomic E-state index is -0.0539. The summed E-state index contributed by atoms with van der Waals surface area (Å²) in [6, 6.07) is 19.7. The molecule has 0 bridgehead atoms. The molecule has 8 rings (SSSR count). The smallest absolute Gasteiger partial charge is 0.308 e. The van der Waals surface area contributed by atoms with Crippen molar-refractivity contribution in [3.63, 3.8) is 0 Å². The first-order valence-electron chi connectivity index (χ1n) is 22.7. The highest BCUT2D eigenvalue weighted by molar-refractivity contribution is 6.32. The largest absolute Gasteiger partial charge is 0.474 e. The van der Waals surface area contributed by atoms with Gasteiger partial charge in [0, 0.05) is 23.5 Å². The SMILES string of the molecule is CCOC(=O)[C@@H]1CC[C@H](Cc2ccc(-c3noc(-c4cnc(OC(C)C)c(Cl)c4)n3)cc2)C1.CCOC(=O)[C@@H]1CC[C@H](Cc2ccc(-c3noc(-c4cnc(OC(C)C)c(Cl)c4)n3)cc2)C1. The van der Waals surface area contributed by atoms with Gasteiger partial charge in [-0.05, 0) is 128 Å². The van der Waals surface area contributed by atoms with Gasteiger partial charge in [0.15, 0.2) is 0 Å². The number of carbonyl (C=O) groups is 2. The van der Waals surface area contributed by atoms with Gasteiger partial charge in [-0.1, -0.05) is 82.0 Å². The molecule has 4 heterocycles. The highest BCUT2D eigenvalue weighted by Gasteiger charge is 2.32. The van der Waals surface area contributed by atoms with Crippen LogP contribution in [0.2, 0.25) is 10.0 Å². The molecule has 0 aliphatic heterocycles. The fourth-order valence-corrected chi connectivity index (χ4v) is 8.76. The Kier molecular flexibility index (Phi) is 16.4. The summed E-state index contributed by atoms with van der Waals surface area (Å²) in [5.41, 5.74) is 5.45. The number of ether oxygens (including phenoxy) is 4. The van der Waals surface area contributed by atoms with Crippen molar-refractivity contribution in [2.75, 3.05) is 13.2 Å². The molecule has 16 heteroatoms. The molecule has 2 aliphatic rings. The van der Waals surface area contributed by atoms with E-state index in [0.29, 0.717) is 81.4 Å². The van der Waals surface area contributed by atoms with Crippen LogP contribution in [-0.4, -0.2) is 67.6 Å². The van der Waals surface area contributed by atoms with Gasteiger partial charge in [-0.2, -0.15) is 9.97 Å². The normalized spacial score (nSPS) is 18.0. The van der Waals surface area contributed by atoms with E-state index in [4.69, 9.17) is 51.2 Å². The van der Waals surface area contributed by atoms with Crippen molar-refractivity contribution in [2.24, 2.45) is 23.7 Å². The molecule has 0 amide bonds. The van der Waals surface area contributed by atoms with Gasteiger partial charge in [0.25, 0.3) is 11.8 Å². The summed E-state index contributed by atoms with van der Waals surface area (Å²) in [5, 5.41) is 8.99. The molecule has 2 fully saturated rings. The summed E-state index contributed by atoms with van der Waals surface area (Å²) >= 11 is 12.5. The maximum atomic E-state index is 12.0. The van der Waals surface area contributed by atoms with Crippen molar-refractivity contribution in [3.8, 4) is 57.4 Å². The molecule has 66 heavy (non-hydrogen) atoms. The number of aromatic nitrogens is 6. The molecule has 2 aliphatic carbocycles. The number of esters is 2. The molecule has 0 saturated heterocycles. The molecule has 2 aromatic carbocycles. The predicted octanol–water partition coefficient (Wildman–Crippen LogP) is 11.5. The second-order valence-electron chi connectivity index (χ2n) is 17.3. The monoisotopic (exact) mass is 938 g/mol. The van der Waals surface area contributed by atoms with Gasteiger partial charge in [-0.15, -0.1) is 0 Å². The number of pyridine rings is 2. The van der Waals surface area contributed by atoms with Gasteiger partial charge in [-0.25, -0.2) is 9.97 Å². The van der Waals surface area contributed by atoms with Crippen LogP contribution in [-0.2, 0) is 31.9 Å². The minimum absolute atomic E-state index is 0.0218. The van der Waals surface area contributed by atoms with Crippen LogP contribution in [0, 0.1) is 23.7 Å². The van der Waals surface area contributed by atoms with E-state index in [9.17, 15) is 9.59 Å². The van der Waals surface area contributed by atoms with Crippen LogP contribution in [0.3, 0.4) is 0 Å². The predicted molar refractivity (Wildman–Crippen MR) is 250 cm³/mol. The summed E-state index contributed by atoms with van der Waals surface area (Å²) in [4.78, 5) is 41.4. The molecule has 0 N–H and O–H groups in total. The molecule has 0 unspecified atom stereocenters. The van der Waals surface area contributed by atoms with Crippen LogP contribution in [0.25, 0.3) is 45.7 Å². The van der Waals surface area contributed by atoms with Gasteiger partial charge >= 0.3 is 11.9 Å². The van der Waals surface area contributed by atoms with E-state index in [2.05, 4.69) is 54.5 Å². The standard InChI is InChI=1S/2C25H28ClN3O4/c2*1-4-31-25(30)19-10-7-17(12-19)11-16-5-8-18(9-6-16)22-28-23(33-29-22)20-13-21(26)24(27-14-20)32-15(2)3/h2*5-6,8-9,13-15,17,19H,4,7,10-12H2,1-3H3/t2*17-,19-/m11/s1. The summed E-state index contributed by atoms with van der Waals surface area (Å²) in [6.45, 7) is 12.2. The van der Waals surface area contributed by atoms with Crippen molar-refractivity contribution >= 4 is 35.1 Å². The Morgan fingerprint density at radius 1 is 0.606 bits per heavy atom. The molecule has 6 aromatic rings. The van der Waals surface area contributed by atoms with Crippen LogP contribution in [0.15, 0.2) is 82.1 Å². The molecule has 0 radical (unpaired) electrons. The number of carbonyl (C=O) groups excluding carboxylic acids is 2. The molecule has 0 spiro atoms. The number of benzene rings is 2. The second kappa shape index (κ2) is 22.6. The highest BCUT2D eigenvalue weighted by atomic mass is 35.5. The first kappa shape index (κ1) is 48.1. The van der Waals surface area contributed by atoms with Crippen molar-refractivity contribution < 1.29 is 37.6 Å². The Bertz CT molecular complexity index is 2370. The molecule has 4 aromatic heterocycles. The summed E-state index contributed by atoms with van der Waals surface area (Å²) in [7, 11) is 0. The van der Waals surface area contributed by atoms with E-state index in [1.54, 1.807) is 24.5 Å². The van der Waals surface area contributed by atoms with Gasteiger partial charge in [0.05, 0.1) is 48.4 Å². The van der Waals surface area contributed by atoms with Gasteiger partial charge in [0.2, 0.25) is 23.4 Å². The lowest BCUT2D eigenvalue weighted by Crippen LogP contribution is -2.15. The highest BCUT2D eigenvalue weighted by Crippen LogP contribution is 2.36. The quantitative estimate of drug-likeness (QED) is 0.0838. The Morgan fingerprint density at radius 3 is 1.35 bits per heavy atom. The third-order valence-corrected chi connectivity index (χ3v) is 12.0. The lowest BCUT2D eigenvalue weighted by Gasteiger charge is -2.11. The molecular weight excluding hydrogens is 883 g/mol. The maximum Gasteiger partial charge on any atom is 0.308 e. The van der Waals surface area contributed by atoms with Crippen LogP contribution in [0.4, 0.5) is 0 Å². The van der Waals surface area contributed by atoms with Crippen LogP contribution < -0.4 is 9.47 Å². The Labute approximate surface area is 395 Å². The zero-order chi connectivity index (χ0) is 46.7. The van der Waals surface area contributed by atoms with Crippen LogP contribution in [0.1, 0.15) is 91.2 Å². The van der Waals surface area contributed by atoms with E-state index >= 15 is 0 Å². The zero-order valence-corrected chi connectivity index (χ0v) is 39.7. The van der Waals surface area contributed by atoms with Crippen molar-refractivity contribution in [1.29, 1.82) is 0 Å². The topological polar surface area (TPSA) is 175 Å². The average Bonchev–Trinajstić information content (AvgIpc) is 4.15. The lowest BCUT2D eigenvalue weighted by atomic mass is 9.96. The van der Waals surface area contributed by atoms with E-state index < -0.39 is 0 Å². The van der Waals surface area contributed by atoms with E-state index in [0.717, 1.165) is 62.5 Å². The molecule has 348 valence electrons. The van der Waals surface area contributed by atoms with E-state index in [1.807, 2.05) is 65.8 Å². The number of hydrogen-bond acceptors (Lipinski definition) is 14. The van der Waals surface area contributed by atoms with Gasteiger partial charge in [0.1, 0.15) is 10.0 Å². The fourth-order valence-electron chi connectivity index (χ4n) is 8.34. The number of hydrogen-bond donors (Lipinski definition) is 0. The first-order valence-corrected chi connectivity index (χ1v) is 23.5. The summed E-state index contributed by atoms with van der Waals surface area (Å²) in [6.07, 6.45) is 10.8. The lowest BCUT2D eigenvalue weighted by molar-refractivity contribution is -0.148. The molecular formula is C50H56Cl2N6O8. The fraction of sp³-hybridized carbons (Fsp3) is 0.440. The van der Waals surface area contributed by atoms with Gasteiger partial charge in [-0.3, -0.25) is 9.59 Å². The second-order valence-corrected chi connectivity index (χ2v) is 18.1. The molecule has 4 atom stereocenters. The minimum Gasteiger partial charge on any atom is -0.474 e. The van der Waals surface area contributed by atoms with Crippen molar-refractivity contribution in [3.05, 3.63) is 94.2 Å². The number of rotatable bonds is 16. The number of nitrogens with zero attached hydrogens (tertiary/aromatic N) is 6. The Balaban J connectivity index is 0.000000196. The van der Waals surface area contributed by atoms with Crippen LogP contribution in [0.5, 0.6) is 11.8 Å². The third kappa shape index (κ3) is 12.7. The molecule has 2 saturated carbocycles. The Morgan fingerprint density at radius 2 is 1.00 bits per heavy atom. The van der Waals surface area contributed by atoms with Crippen molar-refractivity contribution in [2.45, 2.75) is 105 Å². The van der Waals surface area contributed by atoms with E-state index in [1.165, 1.54) is 11.1 Å². The zero-order valence-electron chi connectivity index (χ0n) is 38.2. The van der Waals surface area contributed by atoms with Gasteiger partial charge < -0.3 is 28.0 Å². The van der Waals surface area contributed by atoms with Crippen LogP contribution >= 0.6 is 23.2 Å². The third-order valence-electron chi connectivity index (χ3n) is 11.5. The number of halogens is 2. The summed E-state index contributed by atoms with van der Waals surface area (Å²) in [5.74, 6) is 3.42. The van der Waals surface area contributed by atoms with E-state index in [-0.39, 0.29) is 36.0 Å². The maximum absolute atomic E-state index is 12.0. The summed E-state index contributed by atoms with van der Waals surface area (Å²) < 4.78 is 32.3. The Hall–Kier alpha value is -5.86. The van der Waals surface area contributed by atoms with Crippen molar-refractivity contribution in [1.82, 2.24) is 30.2 Å².